The summed E-state index contributed by atoms with van der Waals surface area (Å²) in [6.07, 6.45) is 4.67. The summed E-state index contributed by atoms with van der Waals surface area (Å²) in [6.45, 7) is 2.24. The highest BCUT2D eigenvalue weighted by Gasteiger charge is 2.15. The summed E-state index contributed by atoms with van der Waals surface area (Å²) in [5, 5.41) is 14.1. The molecule has 120 valence electrons. The Labute approximate surface area is 134 Å². The van der Waals surface area contributed by atoms with Gasteiger partial charge in [0.15, 0.2) is 0 Å². The minimum atomic E-state index is -0.472. The number of carbonyl (C=O) groups excluding carboxylic acids is 1. The van der Waals surface area contributed by atoms with Crippen molar-refractivity contribution in [2.45, 2.75) is 32.1 Å². The molecule has 22 heavy (non-hydrogen) atoms. The number of nitro benzene ring substituents is 1. The second-order valence-electron chi connectivity index (χ2n) is 5.39. The van der Waals surface area contributed by atoms with E-state index in [4.69, 9.17) is 11.6 Å². The zero-order chi connectivity index (χ0) is 15.9. The second-order valence-corrected chi connectivity index (χ2v) is 5.80. The van der Waals surface area contributed by atoms with Crippen LogP contribution in [-0.2, 0) is 4.79 Å². The van der Waals surface area contributed by atoms with E-state index in [2.05, 4.69) is 5.32 Å². The number of halogens is 1. The van der Waals surface area contributed by atoms with Gasteiger partial charge in [0.2, 0.25) is 5.91 Å². The molecule has 0 spiro atoms. The molecule has 1 aliphatic heterocycles. The molecule has 1 heterocycles. The van der Waals surface area contributed by atoms with E-state index < -0.39 is 4.92 Å². The first kappa shape index (κ1) is 16.5. The second kappa shape index (κ2) is 7.98. The molecule has 7 heteroatoms. The van der Waals surface area contributed by atoms with Crippen LogP contribution >= 0.6 is 11.6 Å². The standard InChI is InChI=1S/C15H20ClN3O3/c16-13-11-12(19(21)22)6-7-14(13)17-8-4-10-18-9-3-1-2-5-15(18)20/h6-7,11,17H,1-5,8-10H2. The first-order valence-electron chi connectivity index (χ1n) is 7.53. The number of carbonyl (C=O) groups is 1. The average molecular weight is 326 g/mol. The normalized spacial score (nSPS) is 15.5. The lowest BCUT2D eigenvalue weighted by Gasteiger charge is -2.20. The van der Waals surface area contributed by atoms with Gasteiger partial charge < -0.3 is 10.2 Å². The Kier molecular flexibility index (Phi) is 6.00. The van der Waals surface area contributed by atoms with Crippen LogP contribution in [0.3, 0.4) is 0 Å². The Bertz CT molecular complexity index is 551. The van der Waals surface area contributed by atoms with E-state index in [0.717, 1.165) is 38.8 Å². The van der Waals surface area contributed by atoms with Gasteiger partial charge in [-0.2, -0.15) is 0 Å². The van der Waals surface area contributed by atoms with Gasteiger partial charge in [0.25, 0.3) is 5.69 Å². The van der Waals surface area contributed by atoms with Gasteiger partial charge in [0.1, 0.15) is 0 Å². The number of nitro groups is 1. The Morgan fingerprint density at radius 1 is 1.32 bits per heavy atom. The lowest BCUT2D eigenvalue weighted by atomic mass is 10.2. The number of benzene rings is 1. The third kappa shape index (κ3) is 4.59. The summed E-state index contributed by atoms with van der Waals surface area (Å²) in [4.78, 5) is 24.0. The van der Waals surface area contributed by atoms with E-state index in [1.807, 2.05) is 4.90 Å². The third-order valence-corrected chi connectivity index (χ3v) is 4.07. The van der Waals surface area contributed by atoms with E-state index in [1.54, 1.807) is 6.07 Å². The fourth-order valence-electron chi connectivity index (χ4n) is 2.53. The molecule has 6 nitrogen and oxygen atoms in total. The smallest absolute Gasteiger partial charge is 0.271 e. The number of nitrogens with one attached hydrogen (secondary N) is 1. The molecule has 1 N–H and O–H groups in total. The van der Waals surface area contributed by atoms with Crippen molar-refractivity contribution >= 4 is 28.9 Å². The Morgan fingerprint density at radius 2 is 2.14 bits per heavy atom. The van der Waals surface area contributed by atoms with Crippen LogP contribution in [0.15, 0.2) is 18.2 Å². The zero-order valence-electron chi connectivity index (χ0n) is 12.4. The Morgan fingerprint density at radius 3 is 2.86 bits per heavy atom. The van der Waals surface area contributed by atoms with Crippen LogP contribution in [0.5, 0.6) is 0 Å². The number of hydrogen-bond donors (Lipinski definition) is 1. The van der Waals surface area contributed by atoms with Gasteiger partial charge in [-0.05, 0) is 25.3 Å². The third-order valence-electron chi connectivity index (χ3n) is 3.76. The SMILES string of the molecule is O=C1CCCCCN1CCCNc1ccc([N+](=O)[O-])cc1Cl. The molecule has 0 atom stereocenters. The minimum Gasteiger partial charge on any atom is -0.384 e. The monoisotopic (exact) mass is 325 g/mol. The van der Waals surface area contributed by atoms with E-state index in [9.17, 15) is 14.9 Å². The maximum atomic E-state index is 11.9. The maximum absolute atomic E-state index is 11.9. The summed E-state index contributed by atoms with van der Waals surface area (Å²) >= 11 is 6.01. The van der Waals surface area contributed by atoms with Crippen LogP contribution < -0.4 is 5.32 Å². The number of nitrogens with zero attached hydrogens (tertiary/aromatic N) is 2. The first-order valence-corrected chi connectivity index (χ1v) is 7.91. The summed E-state index contributed by atoms with van der Waals surface area (Å²) < 4.78 is 0. The molecule has 0 saturated carbocycles. The molecule has 1 aromatic rings. The van der Waals surface area contributed by atoms with Crippen molar-refractivity contribution in [2.75, 3.05) is 25.0 Å². The number of anilines is 1. The molecule has 1 aliphatic rings. The maximum Gasteiger partial charge on any atom is 0.271 e. The van der Waals surface area contributed by atoms with E-state index in [1.165, 1.54) is 12.1 Å². The molecule has 0 radical (unpaired) electrons. The number of rotatable bonds is 6. The quantitative estimate of drug-likeness (QED) is 0.494. The van der Waals surface area contributed by atoms with E-state index >= 15 is 0 Å². The summed E-state index contributed by atoms with van der Waals surface area (Å²) in [6, 6.07) is 4.37. The van der Waals surface area contributed by atoms with Gasteiger partial charge in [-0.25, -0.2) is 0 Å². The highest BCUT2D eigenvalue weighted by atomic mass is 35.5. The highest BCUT2D eigenvalue weighted by molar-refractivity contribution is 6.33. The van der Waals surface area contributed by atoms with Gasteiger partial charge in [-0.3, -0.25) is 14.9 Å². The van der Waals surface area contributed by atoms with Crippen LogP contribution in [0.4, 0.5) is 11.4 Å². The van der Waals surface area contributed by atoms with Gasteiger partial charge in [-0.15, -0.1) is 0 Å². The highest BCUT2D eigenvalue weighted by Crippen LogP contribution is 2.26. The van der Waals surface area contributed by atoms with Crippen molar-refractivity contribution in [3.8, 4) is 0 Å². The predicted octanol–water partition coefficient (Wildman–Crippen LogP) is 3.45. The number of amides is 1. The van der Waals surface area contributed by atoms with Crippen LogP contribution in [0.25, 0.3) is 0 Å². The molecule has 0 aliphatic carbocycles. The number of likely N-dealkylation sites (tertiary alicyclic amines) is 1. The molecule has 2 rings (SSSR count). The molecule has 0 aromatic heterocycles. The fourth-order valence-corrected chi connectivity index (χ4v) is 2.77. The van der Waals surface area contributed by atoms with Gasteiger partial charge >= 0.3 is 0 Å². The van der Waals surface area contributed by atoms with Crippen molar-refractivity contribution < 1.29 is 9.72 Å². The molecule has 1 amide bonds. The predicted molar refractivity (Wildman–Crippen MR) is 86.3 cm³/mol. The van der Waals surface area contributed by atoms with Crippen LogP contribution in [0, 0.1) is 10.1 Å². The van der Waals surface area contributed by atoms with Crippen LogP contribution in [0.1, 0.15) is 32.1 Å². The summed E-state index contributed by atoms with van der Waals surface area (Å²) in [7, 11) is 0. The average Bonchev–Trinajstić information content (AvgIpc) is 2.69. The minimum absolute atomic E-state index is 0.0225. The summed E-state index contributed by atoms with van der Waals surface area (Å²) in [5.41, 5.74) is 0.653. The van der Waals surface area contributed by atoms with Crippen molar-refractivity contribution in [1.82, 2.24) is 4.90 Å². The Balaban J connectivity index is 1.78. The van der Waals surface area contributed by atoms with Gasteiger partial charge in [-0.1, -0.05) is 18.0 Å². The lowest BCUT2D eigenvalue weighted by Crippen LogP contribution is -2.32. The zero-order valence-corrected chi connectivity index (χ0v) is 13.1. The van der Waals surface area contributed by atoms with Gasteiger partial charge in [0.05, 0.1) is 15.6 Å². The topological polar surface area (TPSA) is 75.5 Å². The fraction of sp³-hybridized carbons (Fsp3) is 0.533. The first-order chi connectivity index (χ1) is 10.6. The molecule has 0 unspecified atom stereocenters. The van der Waals surface area contributed by atoms with Crippen molar-refractivity contribution in [3.05, 3.63) is 33.3 Å². The van der Waals surface area contributed by atoms with E-state index in [0.29, 0.717) is 23.7 Å². The summed E-state index contributed by atoms with van der Waals surface area (Å²) in [5.74, 6) is 0.242. The molecule has 1 aromatic carbocycles. The molecule has 1 saturated heterocycles. The Hall–Kier alpha value is -1.82. The van der Waals surface area contributed by atoms with Crippen molar-refractivity contribution in [1.29, 1.82) is 0 Å². The lowest BCUT2D eigenvalue weighted by molar-refractivity contribution is -0.384. The molecular weight excluding hydrogens is 306 g/mol. The largest absolute Gasteiger partial charge is 0.384 e. The van der Waals surface area contributed by atoms with E-state index in [-0.39, 0.29) is 11.6 Å². The van der Waals surface area contributed by atoms with Gasteiger partial charge in [0, 0.05) is 38.2 Å². The van der Waals surface area contributed by atoms with Crippen molar-refractivity contribution in [3.63, 3.8) is 0 Å². The van der Waals surface area contributed by atoms with Crippen LogP contribution in [-0.4, -0.2) is 35.4 Å². The number of hydrogen-bond acceptors (Lipinski definition) is 4. The number of non-ortho nitro benzene ring substituents is 1. The van der Waals surface area contributed by atoms with Crippen molar-refractivity contribution in [2.24, 2.45) is 0 Å². The molecule has 0 bridgehead atoms. The van der Waals surface area contributed by atoms with Crippen LogP contribution in [0.2, 0.25) is 5.02 Å². The molecule has 1 fully saturated rings. The molecular formula is C15H20ClN3O3.